The highest BCUT2D eigenvalue weighted by Gasteiger charge is 2.41. The van der Waals surface area contributed by atoms with Crippen LogP contribution in [0.5, 0.6) is 5.75 Å². The van der Waals surface area contributed by atoms with Gasteiger partial charge in [0.1, 0.15) is 48.0 Å². The number of amides is 11. The van der Waals surface area contributed by atoms with Gasteiger partial charge in [-0.2, -0.15) is 0 Å². The van der Waals surface area contributed by atoms with Gasteiger partial charge in [-0.1, -0.05) is 46.2 Å². The number of carbonyl (C=O) groups excluding carboxylic acids is 11. The number of phenolic OH excluding ortho intramolecular Hbond substituents is 1. The van der Waals surface area contributed by atoms with Crippen molar-refractivity contribution in [1.82, 2.24) is 42.1 Å². The zero-order valence-electron chi connectivity index (χ0n) is 40.2. The first-order chi connectivity index (χ1) is 33.3. The number of benzene rings is 1. The molecule has 0 spiro atoms. The molecule has 1 aliphatic rings. The number of nitrogens with zero attached hydrogens (tertiary/aromatic N) is 1. The molecular formula is C44H69N13O14. The third-order valence-corrected chi connectivity index (χ3v) is 11.4. The zero-order chi connectivity index (χ0) is 53.7. The molecule has 19 N–H and O–H groups in total. The van der Waals surface area contributed by atoms with Crippen LogP contribution in [-0.4, -0.2) is 154 Å². The molecule has 0 aliphatic carbocycles. The van der Waals surface area contributed by atoms with E-state index in [2.05, 4.69) is 37.2 Å². The number of aromatic hydroxyl groups is 1. The molecule has 1 saturated heterocycles. The van der Waals surface area contributed by atoms with E-state index in [1.165, 1.54) is 24.3 Å². The maximum Gasteiger partial charge on any atom is 0.305 e. The lowest BCUT2D eigenvalue weighted by molar-refractivity contribution is -0.146. The van der Waals surface area contributed by atoms with Gasteiger partial charge in [-0.25, -0.2) is 0 Å². The largest absolute Gasteiger partial charge is 0.508 e. The first kappa shape index (κ1) is 59.7. The van der Waals surface area contributed by atoms with Gasteiger partial charge in [-0.3, -0.25) is 57.5 Å². The average Bonchev–Trinajstić information content (AvgIpc) is 3.80. The number of phenols is 1. The van der Waals surface area contributed by atoms with Gasteiger partial charge in [0.2, 0.25) is 65.0 Å². The van der Waals surface area contributed by atoms with Crippen molar-refractivity contribution in [2.24, 2.45) is 40.5 Å². The fraction of sp³-hybridized carbons (Fsp3) is 0.591. The van der Waals surface area contributed by atoms with Crippen molar-refractivity contribution in [3.63, 3.8) is 0 Å². The van der Waals surface area contributed by atoms with Crippen LogP contribution in [0.15, 0.2) is 24.3 Å². The van der Waals surface area contributed by atoms with E-state index < -0.39 is 157 Å². The number of nitrogens with one attached hydrogen (secondary N) is 7. The Hall–Kier alpha value is -7.42. The topological polar surface area (TPSA) is 463 Å². The van der Waals surface area contributed by atoms with Crippen LogP contribution in [0.1, 0.15) is 84.6 Å². The summed E-state index contributed by atoms with van der Waals surface area (Å²) in [7, 11) is 0. The van der Waals surface area contributed by atoms with Crippen LogP contribution in [0.3, 0.4) is 0 Å². The fourth-order valence-corrected chi connectivity index (χ4v) is 7.34. The maximum absolute atomic E-state index is 14.1. The Morgan fingerprint density at radius 2 is 1.27 bits per heavy atom. The second-order valence-electron chi connectivity index (χ2n) is 17.7. The maximum atomic E-state index is 14.1. The summed E-state index contributed by atoms with van der Waals surface area (Å²) in [4.78, 5) is 158. The second kappa shape index (κ2) is 28.9. The number of aliphatic carboxylic acids is 1. The molecule has 2 rings (SSSR count). The van der Waals surface area contributed by atoms with Crippen molar-refractivity contribution < 1.29 is 67.7 Å². The highest BCUT2D eigenvalue weighted by Crippen LogP contribution is 2.21. The summed E-state index contributed by atoms with van der Waals surface area (Å²) < 4.78 is 0. The molecule has 394 valence electrons. The average molecular weight is 1000 g/mol. The molecule has 11 amide bonds. The minimum Gasteiger partial charge on any atom is -0.508 e. The van der Waals surface area contributed by atoms with Gasteiger partial charge in [0.05, 0.1) is 25.4 Å². The summed E-state index contributed by atoms with van der Waals surface area (Å²) in [5.41, 5.74) is 27.7. The molecule has 1 aliphatic heterocycles. The van der Waals surface area contributed by atoms with Gasteiger partial charge in [0.15, 0.2) is 0 Å². The normalized spacial score (nSPS) is 16.5. The van der Waals surface area contributed by atoms with E-state index in [1.54, 1.807) is 27.7 Å². The number of rotatable bonds is 30. The van der Waals surface area contributed by atoms with Crippen molar-refractivity contribution in [3.8, 4) is 5.75 Å². The van der Waals surface area contributed by atoms with E-state index in [9.17, 15) is 67.7 Å². The Labute approximate surface area is 409 Å². The van der Waals surface area contributed by atoms with E-state index in [4.69, 9.17) is 28.7 Å². The number of carbonyl (C=O) groups is 12. The molecule has 71 heavy (non-hydrogen) atoms. The first-order valence-corrected chi connectivity index (χ1v) is 23.0. The van der Waals surface area contributed by atoms with Crippen LogP contribution >= 0.6 is 0 Å². The summed E-state index contributed by atoms with van der Waals surface area (Å²) in [6, 6.07) is -6.17. The molecule has 0 unspecified atom stereocenters. The number of hydrogen-bond acceptors (Lipinski definition) is 15. The molecule has 27 heteroatoms. The molecule has 0 saturated carbocycles. The SMILES string of the molecule is CC[C@H](C)[C@H](NC(=O)[C@H](Cc1ccc(O)cc1)NC(=O)[C@@H](N)CN)C(=O)N[C@@H](CCC(N)=O)C(=O)N[C@@H](CC(N)=O)C(=O)N[C@@H](CC(=O)O)C(=O)N1CCC[C@H]1C(=O)N[C@@H](CC(C)C)C(=O)NCC(N)=O. The monoisotopic (exact) mass is 1000 g/mol. The molecule has 1 heterocycles. The highest BCUT2D eigenvalue weighted by molar-refractivity contribution is 6.00. The predicted octanol–water partition coefficient (Wildman–Crippen LogP) is -5.57. The van der Waals surface area contributed by atoms with Crippen molar-refractivity contribution >= 4 is 70.9 Å². The predicted molar refractivity (Wildman–Crippen MR) is 251 cm³/mol. The molecule has 1 fully saturated rings. The van der Waals surface area contributed by atoms with E-state index >= 15 is 0 Å². The smallest absolute Gasteiger partial charge is 0.305 e. The Bertz CT molecular complexity index is 2110. The van der Waals surface area contributed by atoms with E-state index in [0.29, 0.717) is 5.56 Å². The number of primary amides is 3. The third-order valence-electron chi connectivity index (χ3n) is 11.4. The van der Waals surface area contributed by atoms with Crippen molar-refractivity contribution in [2.75, 3.05) is 19.6 Å². The summed E-state index contributed by atoms with van der Waals surface area (Å²) in [5, 5.41) is 36.4. The van der Waals surface area contributed by atoms with Gasteiger partial charge >= 0.3 is 5.97 Å². The molecule has 0 bridgehead atoms. The lowest BCUT2D eigenvalue weighted by Crippen LogP contribution is -2.61. The lowest BCUT2D eigenvalue weighted by atomic mass is 9.96. The summed E-state index contributed by atoms with van der Waals surface area (Å²) >= 11 is 0. The molecule has 27 nitrogen and oxygen atoms in total. The minimum absolute atomic E-state index is 0.0669. The van der Waals surface area contributed by atoms with Crippen LogP contribution in [-0.2, 0) is 64.0 Å². The Morgan fingerprint density at radius 1 is 0.690 bits per heavy atom. The van der Waals surface area contributed by atoms with E-state index in [-0.39, 0.29) is 56.9 Å². The Morgan fingerprint density at radius 3 is 1.82 bits per heavy atom. The van der Waals surface area contributed by atoms with Crippen molar-refractivity contribution in [2.45, 2.75) is 134 Å². The van der Waals surface area contributed by atoms with Gasteiger partial charge in [0.25, 0.3) is 0 Å². The number of hydrogen-bond donors (Lipinski definition) is 14. The van der Waals surface area contributed by atoms with Crippen LogP contribution < -0.4 is 65.9 Å². The highest BCUT2D eigenvalue weighted by atomic mass is 16.4. The molecule has 1 aromatic rings. The fourth-order valence-electron chi connectivity index (χ4n) is 7.34. The Balaban J connectivity index is 2.41. The van der Waals surface area contributed by atoms with E-state index in [1.807, 2.05) is 0 Å². The van der Waals surface area contributed by atoms with Gasteiger partial charge in [0, 0.05) is 25.9 Å². The van der Waals surface area contributed by atoms with Crippen LogP contribution in [0, 0.1) is 11.8 Å². The lowest BCUT2D eigenvalue weighted by Gasteiger charge is -2.31. The van der Waals surface area contributed by atoms with Gasteiger partial charge < -0.3 is 81.0 Å². The van der Waals surface area contributed by atoms with Gasteiger partial charge in [-0.15, -0.1) is 0 Å². The molecular weight excluding hydrogens is 935 g/mol. The molecule has 1 aromatic carbocycles. The summed E-state index contributed by atoms with van der Waals surface area (Å²) in [5.74, 6) is -13.0. The standard InChI is InChI=1S/C44H69N13O14/c1-5-22(4)36(56-41(68)28(52-37(64)25(46)19-45)16-23-8-10-24(58)11-9-23)43(70)51-26(12-13-32(47)59)39(66)53-29(17-33(48)60)40(67)55-30(18-35(62)63)44(71)57-14-6-7-31(57)42(69)54-27(15-21(2)3)38(65)50-20-34(49)61/h8-11,21-22,25-31,36,58H,5-7,12-20,45-46H2,1-4H3,(H2,47,59)(H2,48,60)(H2,49,61)(H,50,65)(H,51,70)(H,52,64)(H,53,66)(H,54,69)(H,55,67)(H,56,68)(H,62,63)/t22-,25-,26-,27-,28-,29-,30-,31-,36-/m0/s1. The van der Waals surface area contributed by atoms with Crippen LogP contribution in [0.4, 0.5) is 0 Å². The summed E-state index contributed by atoms with van der Waals surface area (Å²) in [6.45, 7) is 5.98. The number of nitrogens with two attached hydrogens (primary N) is 5. The van der Waals surface area contributed by atoms with Crippen molar-refractivity contribution in [3.05, 3.63) is 29.8 Å². The van der Waals surface area contributed by atoms with Crippen LogP contribution in [0.2, 0.25) is 0 Å². The summed E-state index contributed by atoms with van der Waals surface area (Å²) in [6.07, 6.45) is -2.38. The third kappa shape index (κ3) is 20.2. The van der Waals surface area contributed by atoms with E-state index in [0.717, 1.165) is 4.90 Å². The Kier molecular flexibility index (Phi) is 24.3. The first-order valence-electron chi connectivity index (χ1n) is 23.0. The van der Waals surface area contributed by atoms with Gasteiger partial charge in [-0.05, 0) is 55.2 Å². The number of likely N-dealkylation sites (tertiary alicyclic amines) is 1. The zero-order valence-corrected chi connectivity index (χ0v) is 40.2. The molecule has 0 aromatic heterocycles. The minimum atomic E-state index is -1.93. The second-order valence-corrected chi connectivity index (χ2v) is 17.7. The molecule has 0 radical (unpaired) electrons. The van der Waals surface area contributed by atoms with Crippen molar-refractivity contribution in [1.29, 1.82) is 0 Å². The number of carboxylic acid groups (broad SMARTS) is 1. The number of carboxylic acids is 1. The quantitative estimate of drug-likeness (QED) is 0.0342. The molecule has 9 atom stereocenters. The van der Waals surface area contributed by atoms with Crippen LogP contribution in [0.25, 0.3) is 0 Å².